The highest BCUT2D eigenvalue weighted by Crippen LogP contribution is 2.33. The Labute approximate surface area is 171 Å². The number of carbonyl (C=O) groups is 1. The minimum absolute atomic E-state index is 0.0928. The normalized spacial score (nSPS) is 11.2. The number of rotatable bonds is 4. The SMILES string of the molecule is Cc1cccc2sc(N(Cc3ccccn3)C(=O)c3c[nH]c4ccccc34)nc12. The second kappa shape index (κ2) is 7.14. The topological polar surface area (TPSA) is 61.9 Å². The molecule has 0 fully saturated rings. The number of aromatic amines is 1. The van der Waals surface area contributed by atoms with Crippen LogP contribution in [0.25, 0.3) is 21.1 Å². The maximum atomic E-state index is 13.6. The van der Waals surface area contributed by atoms with E-state index in [4.69, 9.17) is 4.98 Å². The van der Waals surface area contributed by atoms with E-state index in [1.54, 1.807) is 17.3 Å². The fraction of sp³-hybridized carbons (Fsp3) is 0.0870. The molecule has 0 saturated carbocycles. The summed E-state index contributed by atoms with van der Waals surface area (Å²) >= 11 is 1.53. The van der Waals surface area contributed by atoms with Crippen molar-refractivity contribution in [1.82, 2.24) is 15.0 Å². The van der Waals surface area contributed by atoms with E-state index in [0.717, 1.165) is 32.4 Å². The van der Waals surface area contributed by atoms with Crippen LogP contribution in [0.15, 0.2) is 73.1 Å². The largest absolute Gasteiger partial charge is 0.360 e. The molecule has 1 amide bonds. The fourth-order valence-corrected chi connectivity index (χ4v) is 4.50. The Balaban J connectivity index is 1.63. The van der Waals surface area contributed by atoms with Crippen LogP contribution in [0, 0.1) is 6.92 Å². The van der Waals surface area contributed by atoms with Crippen molar-refractivity contribution in [3.05, 3.63) is 89.9 Å². The van der Waals surface area contributed by atoms with Gasteiger partial charge < -0.3 is 4.98 Å². The molecule has 5 aromatic rings. The minimum atomic E-state index is -0.0928. The highest BCUT2D eigenvalue weighted by molar-refractivity contribution is 7.22. The van der Waals surface area contributed by atoms with Crippen molar-refractivity contribution >= 4 is 43.5 Å². The van der Waals surface area contributed by atoms with Gasteiger partial charge in [-0.3, -0.25) is 14.7 Å². The predicted octanol–water partition coefficient (Wildman–Crippen LogP) is 5.33. The molecule has 0 spiro atoms. The molecule has 3 aromatic heterocycles. The number of thiazole rings is 1. The highest BCUT2D eigenvalue weighted by atomic mass is 32.1. The van der Waals surface area contributed by atoms with Gasteiger partial charge in [0, 0.05) is 23.3 Å². The third kappa shape index (κ3) is 3.17. The Morgan fingerprint density at radius 2 is 1.93 bits per heavy atom. The van der Waals surface area contributed by atoms with Gasteiger partial charge >= 0.3 is 0 Å². The molecule has 0 aliphatic heterocycles. The average Bonchev–Trinajstić information content (AvgIpc) is 3.37. The van der Waals surface area contributed by atoms with E-state index in [1.165, 1.54) is 11.3 Å². The van der Waals surface area contributed by atoms with E-state index in [1.807, 2.05) is 67.6 Å². The van der Waals surface area contributed by atoms with Gasteiger partial charge in [-0.05, 0) is 36.8 Å². The summed E-state index contributed by atoms with van der Waals surface area (Å²) in [5.74, 6) is -0.0928. The number of aryl methyl sites for hydroxylation is 1. The Morgan fingerprint density at radius 1 is 1.07 bits per heavy atom. The van der Waals surface area contributed by atoms with Crippen molar-refractivity contribution in [2.75, 3.05) is 4.90 Å². The molecule has 2 aromatic carbocycles. The summed E-state index contributed by atoms with van der Waals surface area (Å²) < 4.78 is 1.07. The molecule has 29 heavy (non-hydrogen) atoms. The first-order valence-corrected chi connectivity index (χ1v) is 10.2. The summed E-state index contributed by atoms with van der Waals surface area (Å²) in [6.45, 7) is 2.40. The number of hydrogen-bond donors (Lipinski definition) is 1. The molecule has 3 heterocycles. The molecule has 0 bridgehead atoms. The van der Waals surface area contributed by atoms with Crippen LogP contribution in [0.4, 0.5) is 5.13 Å². The lowest BCUT2D eigenvalue weighted by molar-refractivity contribution is 0.0986. The van der Waals surface area contributed by atoms with Crippen LogP contribution in [0.3, 0.4) is 0 Å². The van der Waals surface area contributed by atoms with E-state index in [0.29, 0.717) is 17.2 Å². The zero-order chi connectivity index (χ0) is 19.8. The first-order valence-electron chi connectivity index (χ1n) is 9.35. The van der Waals surface area contributed by atoms with Gasteiger partial charge in [-0.2, -0.15) is 0 Å². The van der Waals surface area contributed by atoms with Crippen LogP contribution in [0.1, 0.15) is 21.6 Å². The number of amides is 1. The number of H-pyrrole nitrogens is 1. The number of carbonyl (C=O) groups excluding carboxylic acids is 1. The van der Waals surface area contributed by atoms with Crippen molar-refractivity contribution in [3.63, 3.8) is 0 Å². The molecule has 0 atom stereocenters. The molecule has 142 valence electrons. The predicted molar refractivity (Wildman–Crippen MR) is 117 cm³/mol. The van der Waals surface area contributed by atoms with Crippen LogP contribution in [0.5, 0.6) is 0 Å². The van der Waals surface area contributed by atoms with Crippen molar-refractivity contribution in [2.24, 2.45) is 0 Å². The number of aromatic nitrogens is 3. The summed E-state index contributed by atoms with van der Waals surface area (Å²) in [6.07, 6.45) is 3.52. The van der Waals surface area contributed by atoms with Crippen molar-refractivity contribution < 1.29 is 4.79 Å². The Morgan fingerprint density at radius 3 is 2.76 bits per heavy atom. The zero-order valence-corrected chi connectivity index (χ0v) is 16.6. The molecule has 6 heteroatoms. The van der Waals surface area contributed by atoms with Crippen LogP contribution < -0.4 is 4.90 Å². The first kappa shape index (κ1) is 17.6. The number of benzene rings is 2. The molecule has 0 saturated heterocycles. The summed E-state index contributed by atoms with van der Waals surface area (Å²) in [5.41, 5.74) is 4.42. The number of nitrogens with one attached hydrogen (secondary N) is 1. The zero-order valence-electron chi connectivity index (χ0n) is 15.8. The van der Waals surface area contributed by atoms with Gasteiger partial charge in [-0.1, -0.05) is 47.7 Å². The molecule has 0 unspecified atom stereocenters. The average molecular weight is 398 g/mol. The lowest BCUT2D eigenvalue weighted by Crippen LogP contribution is -2.30. The van der Waals surface area contributed by atoms with E-state index in [-0.39, 0.29) is 5.91 Å². The summed E-state index contributed by atoms with van der Waals surface area (Å²) in [5, 5.41) is 1.58. The lowest BCUT2D eigenvalue weighted by atomic mass is 10.1. The monoisotopic (exact) mass is 398 g/mol. The summed E-state index contributed by atoms with van der Waals surface area (Å²) in [6, 6.07) is 19.6. The van der Waals surface area contributed by atoms with Gasteiger partial charge in [-0.25, -0.2) is 4.98 Å². The quantitative estimate of drug-likeness (QED) is 0.445. The fourth-order valence-electron chi connectivity index (χ4n) is 3.46. The molecule has 5 rings (SSSR count). The lowest BCUT2D eigenvalue weighted by Gasteiger charge is -2.19. The molecule has 1 N–H and O–H groups in total. The van der Waals surface area contributed by atoms with Crippen LogP contribution >= 0.6 is 11.3 Å². The third-order valence-corrected chi connectivity index (χ3v) is 5.99. The minimum Gasteiger partial charge on any atom is -0.360 e. The first-order chi connectivity index (χ1) is 14.2. The number of anilines is 1. The highest BCUT2D eigenvalue weighted by Gasteiger charge is 2.24. The second-order valence-corrected chi connectivity index (χ2v) is 7.89. The van der Waals surface area contributed by atoms with Crippen LogP contribution in [-0.4, -0.2) is 20.9 Å². The van der Waals surface area contributed by atoms with Gasteiger partial charge in [0.2, 0.25) is 0 Å². The smallest absolute Gasteiger partial charge is 0.262 e. The maximum Gasteiger partial charge on any atom is 0.262 e. The number of fused-ring (bicyclic) bond motifs is 2. The van der Waals surface area contributed by atoms with Crippen molar-refractivity contribution in [3.8, 4) is 0 Å². The van der Waals surface area contributed by atoms with Gasteiger partial charge in [0.05, 0.1) is 28.0 Å². The molecular weight excluding hydrogens is 380 g/mol. The summed E-state index contributed by atoms with van der Waals surface area (Å²) in [4.78, 5) is 27.8. The van der Waals surface area contributed by atoms with Gasteiger partial charge in [0.1, 0.15) is 0 Å². The summed E-state index contributed by atoms with van der Waals surface area (Å²) in [7, 11) is 0. The maximum absolute atomic E-state index is 13.6. The van der Waals surface area contributed by atoms with Gasteiger partial charge in [0.15, 0.2) is 5.13 Å². The number of para-hydroxylation sites is 2. The molecule has 5 nitrogen and oxygen atoms in total. The molecule has 0 aliphatic carbocycles. The molecular formula is C23H18N4OS. The van der Waals surface area contributed by atoms with E-state index >= 15 is 0 Å². The van der Waals surface area contributed by atoms with Gasteiger partial charge in [-0.15, -0.1) is 0 Å². The number of pyridine rings is 1. The van der Waals surface area contributed by atoms with Crippen molar-refractivity contribution in [1.29, 1.82) is 0 Å². The van der Waals surface area contributed by atoms with Crippen molar-refractivity contribution in [2.45, 2.75) is 13.5 Å². The Hall–Kier alpha value is -3.51. The van der Waals surface area contributed by atoms with E-state index < -0.39 is 0 Å². The molecule has 0 aliphatic rings. The third-order valence-electron chi connectivity index (χ3n) is 4.95. The standard InChI is InChI=1S/C23H18N4OS/c1-15-7-6-11-20-21(15)26-23(29-20)27(14-16-8-4-5-12-24-16)22(28)18-13-25-19-10-3-2-9-17(18)19/h2-13,25H,14H2,1H3. The van der Waals surface area contributed by atoms with Crippen LogP contribution in [0.2, 0.25) is 0 Å². The van der Waals surface area contributed by atoms with Crippen LogP contribution in [-0.2, 0) is 6.54 Å². The molecule has 0 radical (unpaired) electrons. The second-order valence-electron chi connectivity index (χ2n) is 6.88. The number of nitrogens with zero attached hydrogens (tertiary/aromatic N) is 3. The Bertz CT molecular complexity index is 1320. The van der Waals surface area contributed by atoms with E-state index in [9.17, 15) is 4.79 Å². The Kier molecular flexibility index (Phi) is 4.33. The van der Waals surface area contributed by atoms with Gasteiger partial charge in [0.25, 0.3) is 5.91 Å². The number of hydrogen-bond acceptors (Lipinski definition) is 4. The van der Waals surface area contributed by atoms with E-state index in [2.05, 4.69) is 9.97 Å².